The van der Waals surface area contributed by atoms with Crippen LogP contribution in [0.2, 0.25) is 0 Å². The van der Waals surface area contributed by atoms with E-state index in [1.165, 1.54) is 4.68 Å². The van der Waals surface area contributed by atoms with Crippen molar-refractivity contribution in [2.24, 2.45) is 0 Å². The van der Waals surface area contributed by atoms with Gasteiger partial charge in [0.1, 0.15) is 5.56 Å². The number of nitrogens with one attached hydrogen (secondary N) is 2. The first-order valence-electron chi connectivity index (χ1n) is 8.71. The van der Waals surface area contributed by atoms with Crippen LogP contribution in [0.15, 0.2) is 59.4 Å². The van der Waals surface area contributed by atoms with Crippen molar-refractivity contribution in [3.63, 3.8) is 0 Å². The van der Waals surface area contributed by atoms with Crippen LogP contribution in [-0.2, 0) is 0 Å². The second-order valence-electron chi connectivity index (χ2n) is 6.66. The van der Waals surface area contributed by atoms with Crippen molar-refractivity contribution in [1.29, 1.82) is 0 Å². The van der Waals surface area contributed by atoms with E-state index >= 15 is 0 Å². The molecular formula is C21H23N3O2. The molecule has 0 amide bonds. The zero-order valence-electron chi connectivity index (χ0n) is 15.2. The number of H-pyrrole nitrogens is 1. The van der Waals surface area contributed by atoms with E-state index in [4.69, 9.17) is 0 Å². The first-order chi connectivity index (χ1) is 12.5. The number of benzene rings is 2. The number of carbonyl (C=O) groups excluding carboxylic acids is 1. The fraction of sp³-hybridized carbons (Fsp3) is 0.238. The van der Waals surface area contributed by atoms with Crippen molar-refractivity contribution in [2.75, 3.05) is 6.54 Å². The summed E-state index contributed by atoms with van der Waals surface area (Å²) in [6.07, 6.45) is 0. The van der Waals surface area contributed by atoms with Crippen LogP contribution in [0.25, 0.3) is 16.9 Å². The summed E-state index contributed by atoms with van der Waals surface area (Å²) < 4.78 is 1.43. The maximum atomic E-state index is 13.0. The maximum Gasteiger partial charge on any atom is 0.282 e. The van der Waals surface area contributed by atoms with Gasteiger partial charge in [0.2, 0.25) is 0 Å². The Bertz CT molecular complexity index is 951. The molecule has 0 saturated carbocycles. The topological polar surface area (TPSA) is 66.9 Å². The van der Waals surface area contributed by atoms with Crippen LogP contribution in [0, 0.1) is 6.92 Å². The van der Waals surface area contributed by atoms with E-state index in [9.17, 15) is 9.59 Å². The molecule has 0 atom stereocenters. The van der Waals surface area contributed by atoms with Crippen LogP contribution in [0.1, 0.15) is 29.8 Å². The zero-order valence-corrected chi connectivity index (χ0v) is 15.2. The van der Waals surface area contributed by atoms with Crippen LogP contribution in [-0.4, -0.2) is 28.2 Å². The molecule has 0 fully saturated rings. The highest BCUT2D eigenvalue weighted by Gasteiger charge is 2.22. The molecular weight excluding hydrogens is 326 g/mol. The van der Waals surface area contributed by atoms with Gasteiger partial charge in [-0.25, -0.2) is 4.68 Å². The Hall–Kier alpha value is -2.92. The third-order valence-electron chi connectivity index (χ3n) is 4.19. The van der Waals surface area contributed by atoms with Crippen molar-refractivity contribution < 1.29 is 4.79 Å². The van der Waals surface area contributed by atoms with Crippen molar-refractivity contribution in [3.8, 4) is 16.9 Å². The maximum absolute atomic E-state index is 13.0. The van der Waals surface area contributed by atoms with Gasteiger partial charge in [0, 0.05) is 11.6 Å². The fourth-order valence-corrected chi connectivity index (χ4v) is 2.77. The third-order valence-corrected chi connectivity index (χ3v) is 4.19. The summed E-state index contributed by atoms with van der Waals surface area (Å²) in [7, 11) is 0. The molecule has 0 aliphatic rings. The average Bonchev–Trinajstić information content (AvgIpc) is 2.98. The van der Waals surface area contributed by atoms with Gasteiger partial charge in [0.05, 0.1) is 17.9 Å². The Kier molecular flexibility index (Phi) is 5.19. The van der Waals surface area contributed by atoms with Gasteiger partial charge in [-0.1, -0.05) is 61.9 Å². The van der Waals surface area contributed by atoms with E-state index in [1.807, 2.05) is 75.4 Å². The highest BCUT2D eigenvalue weighted by Crippen LogP contribution is 2.21. The van der Waals surface area contributed by atoms with Gasteiger partial charge < -0.3 is 5.32 Å². The van der Waals surface area contributed by atoms with E-state index in [-0.39, 0.29) is 29.5 Å². The molecule has 2 N–H and O–H groups in total. The number of aromatic nitrogens is 2. The minimum Gasteiger partial charge on any atom is -0.307 e. The number of nitrogens with zero attached hydrogens (tertiary/aromatic N) is 1. The van der Waals surface area contributed by atoms with Gasteiger partial charge in [0.25, 0.3) is 5.56 Å². The summed E-state index contributed by atoms with van der Waals surface area (Å²) in [5.41, 5.74) is 3.02. The largest absolute Gasteiger partial charge is 0.307 e. The molecule has 5 nitrogen and oxygen atoms in total. The second-order valence-corrected chi connectivity index (χ2v) is 6.66. The van der Waals surface area contributed by atoms with E-state index in [0.717, 1.165) is 11.1 Å². The zero-order chi connectivity index (χ0) is 18.7. The normalized spacial score (nSPS) is 11.1. The van der Waals surface area contributed by atoms with Gasteiger partial charge in [-0.2, -0.15) is 0 Å². The first kappa shape index (κ1) is 17.9. The highest BCUT2D eigenvalue weighted by atomic mass is 16.2. The number of aryl methyl sites for hydroxylation is 1. The Morgan fingerprint density at radius 3 is 2.35 bits per heavy atom. The van der Waals surface area contributed by atoms with Crippen molar-refractivity contribution in [3.05, 3.63) is 76.1 Å². The molecule has 3 rings (SSSR count). The van der Waals surface area contributed by atoms with E-state index in [2.05, 4.69) is 10.4 Å². The van der Waals surface area contributed by atoms with E-state index < -0.39 is 0 Å². The minimum absolute atomic E-state index is 0.124. The summed E-state index contributed by atoms with van der Waals surface area (Å²) in [5.74, 6) is -0.218. The van der Waals surface area contributed by atoms with Gasteiger partial charge in [-0.05, 0) is 19.1 Å². The molecule has 0 radical (unpaired) electrons. The quantitative estimate of drug-likeness (QED) is 0.671. The molecule has 1 aromatic heterocycles. The minimum atomic E-state index is -0.330. The predicted molar refractivity (Wildman–Crippen MR) is 104 cm³/mol. The second kappa shape index (κ2) is 7.54. The number of ketones is 1. The van der Waals surface area contributed by atoms with Crippen LogP contribution in [0.3, 0.4) is 0 Å². The molecule has 1 heterocycles. The van der Waals surface area contributed by atoms with Crippen molar-refractivity contribution >= 4 is 5.78 Å². The van der Waals surface area contributed by atoms with Crippen molar-refractivity contribution in [1.82, 2.24) is 15.1 Å². The highest BCUT2D eigenvalue weighted by molar-refractivity contribution is 6.02. The van der Waals surface area contributed by atoms with Gasteiger partial charge in [0.15, 0.2) is 5.78 Å². The molecule has 2 aromatic carbocycles. The molecule has 0 bridgehead atoms. The molecule has 0 spiro atoms. The average molecular weight is 349 g/mol. The lowest BCUT2D eigenvalue weighted by atomic mass is 10.0. The van der Waals surface area contributed by atoms with Crippen LogP contribution >= 0.6 is 0 Å². The summed E-state index contributed by atoms with van der Waals surface area (Å²) >= 11 is 0. The molecule has 0 saturated heterocycles. The predicted octanol–water partition coefficient (Wildman–Crippen LogP) is 3.32. The van der Waals surface area contributed by atoms with Crippen LogP contribution in [0.5, 0.6) is 0 Å². The van der Waals surface area contributed by atoms with Gasteiger partial charge in [-0.3, -0.25) is 14.7 Å². The summed E-state index contributed by atoms with van der Waals surface area (Å²) in [5, 5.41) is 6.22. The molecule has 0 aliphatic heterocycles. The molecule has 0 aliphatic carbocycles. The SMILES string of the molecule is Cc1ccc(-n2[nH]c(-c3ccccc3)c(C(=O)CNC(C)C)c2=O)cc1. The van der Waals surface area contributed by atoms with Crippen LogP contribution in [0.4, 0.5) is 0 Å². The Balaban J connectivity index is 2.13. The summed E-state index contributed by atoms with van der Waals surface area (Å²) in [6, 6.07) is 17.2. The number of hydrogen-bond acceptors (Lipinski definition) is 3. The van der Waals surface area contributed by atoms with Gasteiger partial charge in [-0.15, -0.1) is 0 Å². The number of Topliss-reactive ketones (excluding diaryl/α,β-unsaturated/α-hetero) is 1. The lowest BCUT2D eigenvalue weighted by Gasteiger charge is -2.06. The third kappa shape index (κ3) is 3.68. The summed E-state index contributed by atoms with van der Waals surface area (Å²) in [4.78, 5) is 25.8. The van der Waals surface area contributed by atoms with E-state index in [0.29, 0.717) is 11.4 Å². The Labute approximate surface area is 152 Å². The number of rotatable bonds is 6. The molecule has 3 aromatic rings. The van der Waals surface area contributed by atoms with E-state index in [1.54, 1.807) is 0 Å². The Morgan fingerprint density at radius 2 is 1.73 bits per heavy atom. The molecule has 134 valence electrons. The van der Waals surface area contributed by atoms with Gasteiger partial charge >= 0.3 is 0 Å². The Morgan fingerprint density at radius 1 is 1.08 bits per heavy atom. The molecule has 26 heavy (non-hydrogen) atoms. The standard InChI is InChI=1S/C21H23N3O2/c1-14(2)22-13-18(25)19-20(16-7-5-4-6-8-16)23-24(21(19)26)17-11-9-15(3)10-12-17/h4-12,14,22-23H,13H2,1-3H3. The van der Waals surface area contributed by atoms with Crippen molar-refractivity contribution in [2.45, 2.75) is 26.8 Å². The number of carbonyl (C=O) groups is 1. The number of aromatic amines is 1. The molecule has 5 heteroatoms. The lowest BCUT2D eigenvalue weighted by molar-refractivity contribution is 0.0988. The lowest BCUT2D eigenvalue weighted by Crippen LogP contribution is -2.32. The number of hydrogen-bond donors (Lipinski definition) is 2. The fourth-order valence-electron chi connectivity index (χ4n) is 2.77. The molecule has 0 unspecified atom stereocenters. The summed E-state index contributed by atoms with van der Waals surface area (Å²) in [6.45, 7) is 6.04. The monoisotopic (exact) mass is 349 g/mol. The van der Waals surface area contributed by atoms with Crippen LogP contribution < -0.4 is 10.9 Å². The smallest absolute Gasteiger partial charge is 0.282 e. The first-order valence-corrected chi connectivity index (χ1v) is 8.71.